The van der Waals surface area contributed by atoms with Crippen LogP contribution < -0.4 is 37.2 Å². The molecule has 0 bridgehead atoms. The van der Waals surface area contributed by atoms with Crippen LogP contribution in [0.5, 0.6) is 0 Å². The summed E-state index contributed by atoms with van der Waals surface area (Å²) in [5.41, 5.74) is 0.866. The Morgan fingerprint density at radius 2 is 0.886 bits per heavy atom. The molecule has 0 aromatic heterocycles. The summed E-state index contributed by atoms with van der Waals surface area (Å²) < 4.78 is 56.7. The van der Waals surface area contributed by atoms with Gasteiger partial charge in [0.1, 0.15) is 101 Å². The van der Waals surface area contributed by atoms with Crippen LogP contribution in [0, 0.1) is 17.8 Å². The number of ether oxygens (including phenoxy) is 7. The minimum atomic E-state index is -1.92. The standard InChI is InChI=1S/C23H33N3O11.C15H26N2O9.C15H28N2O8/c1-11(2)15(24-3)21(32)26-14(20(31)25-13-6-4-12(5-7-13)8-35-10-27)9-36-23-18(30)16(28)17(29)19(37-23)22(33)34;1-6(2)8(16-3)13(22)17-7(4-18)5-25-15-11(21)9(19)10(20)12(26-15)14(23)24;1-7(2)10(16-3)14(23)17-8(4-18)6-24-15-13(22)12(21)11(20)9(5-19)25-15/h4-7,10-11,14-19,23-24,28-30H,8-9H2,1-3H3,(H,25,31)(H,26,32)(H,33,34);4,6-12,15-16,19-21H,5H2,1-3H3,(H,17,22)(H,23,24);4,7-13,15-16,19-22H,5-6H2,1-3H3,(H,17,23)/i10D;2*4D. The van der Waals surface area contributed by atoms with Crippen LogP contribution in [0.1, 0.15) is 51.2 Å². The molecule has 35 heteroatoms. The van der Waals surface area contributed by atoms with E-state index < -0.39 is 209 Å². The van der Waals surface area contributed by atoms with Gasteiger partial charge in [-0.1, -0.05) is 53.7 Å². The van der Waals surface area contributed by atoms with Crippen LogP contribution in [0.3, 0.4) is 0 Å². The number of likely N-dealkylation sites (N-methyl/N-ethyl adjacent to an activating group) is 3. The molecule has 0 aliphatic carbocycles. The van der Waals surface area contributed by atoms with E-state index in [0.717, 1.165) is 0 Å². The molecule has 0 spiro atoms. The van der Waals surface area contributed by atoms with Gasteiger partial charge in [-0.05, 0) is 56.6 Å². The second kappa shape index (κ2) is 38.6. The van der Waals surface area contributed by atoms with E-state index in [1.54, 1.807) is 61.0 Å². The van der Waals surface area contributed by atoms with Gasteiger partial charge in [-0.15, -0.1) is 0 Å². The van der Waals surface area contributed by atoms with Crippen LogP contribution >= 0.6 is 0 Å². The van der Waals surface area contributed by atoms with Gasteiger partial charge >= 0.3 is 11.9 Å². The number of aliphatic hydroxyl groups is 10. The number of hydrogen-bond acceptors (Lipinski definition) is 29. The zero-order chi connectivity index (χ0) is 69.5. The molecule has 3 heterocycles. The van der Waals surface area contributed by atoms with Crippen molar-refractivity contribution < 1.29 is 142 Å². The van der Waals surface area contributed by atoms with Crippen LogP contribution in [-0.4, -0.2) is 292 Å². The molecule has 3 fully saturated rings. The molecule has 3 aliphatic rings. The zero-order valence-electron chi connectivity index (χ0n) is 52.6. The van der Waals surface area contributed by atoms with Gasteiger partial charge in [-0.2, -0.15) is 0 Å². The number of carbonyl (C=O) groups excluding carboxylic acids is 7. The highest BCUT2D eigenvalue weighted by molar-refractivity contribution is 5.98. The van der Waals surface area contributed by atoms with Crippen molar-refractivity contribution in [1.82, 2.24) is 31.9 Å². The van der Waals surface area contributed by atoms with Gasteiger partial charge in [-0.3, -0.25) is 24.0 Å². The summed E-state index contributed by atoms with van der Waals surface area (Å²) in [7, 11) is 4.72. The second-order valence-corrected chi connectivity index (χ2v) is 21.2. The number of aldehydes is 2. The number of hydrogen-bond donors (Lipinski definition) is 19. The number of aliphatic carboxylic acids is 2. The van der Waals surface area contributed by atoms with Crippen molar-refractivity contribution in [2.24, 2.45) is 17.8 Å². The maximum absolute atomic E-state index is 13.1. The largest absolute Gasteiger partial charge is 0.479 e. The normalized spacial score (nSPS) is 29.4. The molecule has 1 aromatic carbocycles. The Kier molecular flexibility index (Phi) is 31.9. The highest BCUT2D eigenvalue weighted by Crippen LogP contribution is 2.25. The maximum Gasteiger partial charge on any atom is 0.335 e. The number of rotatable bonds is 30. The minimum Gasteiger partial charge on any atom is -0.479 e. The predicted octanol–water partition coefficient (Wildman–Crippen LogP) is -8.51. The molecule has 19 N–H and O–H groups in total. The molecule has 3 aliphatic heterocycles. The first kappa shape index (κ1) is 72.8. The van der Waals surface area contributed by atoms with Gasteiger partial charge in [0.25, 0.3) is 6.45 Å². The predicted molar refractivity (Wildman–Crippen MR) is 297 cm³/mol. The van der Waals surface area contributed by atoms with Gasteiger partial charge < -0.3 is 141 Å². The summed E-state index contributed by atoms with van der Waals surface area (Å²) in [5, 5.41) is 134. The van der Waals surface area contributed by atoms with Gasteiger partial charge in [0.05, 0.1) is 44.6 Å². The Balaban J connectivity index is 0.000000478. The summed E-state index contributed by atoms with van der Waals surface area (Å²) in [4.78, 5) is 106. The highest BCUT2D eigenvalue weighted by atomic mass is 16.7. The van der Waals surface area contributed by atoms with Crippen LogP contribution in [0.15, 0.2) is 24.3 Å². The van der Waals surface area contributed by atoms with Crippen molar-refractivity contribution in [3.8, 4) is 0 Å². The Morgan fingerprint density at radius 1 is 0.523 bits per heavy atom. The fraction of sp³-hybridized carbons (Fsp3) is 0.717. The van der Waals surface area contributed by atoms with E-state index in [1.807, 2.05) is 13.8 Å². The van der Waals surface area contributed by atoms with Crippen molar-refractivity contribution in [1.29, 1.82) is 0 Å². The molecule has 35 nitrogen and oxygen atoms in total. The summed E-state index contributed by atoms with van der Waals surface area (Å²) in [6.45, 7) is 8.29. The first-order chi connectivity index (χ1) is 42.5. The monoisotopic (exact) mass is 1270 g/mol. The number of aliphatic hydroxyl groups excluding tert-OH is 10. The molecule has 3 saturated heterocycles. The molecule has 1 aromatic rings. The van der Waals surface area contributed by atoms with Crippen molar-refractivity contribution in [2.45, 2.75) is 177 Å². The zero-order valence-corrected chi connectivity index (χ0v) is 49.6. The fourth-order valence-corrected chi connectivity index (χ4v) is 8.66. The maximum atomic E-state index is 13.1. The van der Waals surface area contributed by atoms with E-state index in [1.165, 1.54) is 12.1 Å². The average molecular weight is 1270 g/mol. The molecule has 88 heavy (non-hydrogen) atoms. The number of carbonyl (C=O) groups is 9. The van der Waals surface area contributed by atoms with Crippen LogP contribution in [0.4, 0.5) is 5.69 Å². The molecular weight excluding hydrogens is 1180 g/mol. The molecule has 21 atom stereocenters. The van der Waals surface area contributed by atoms with Crippen LogP contribution in [0.2, 0.25) is 0 Å². The minimum absolute atomic E-state index is 0.0622. The first-order valence-corrected chi connectivity index (χ1v) is 27.5. The van der Waals surface area contributed by atoms with Gasteiger partial charge in [0.15, 0.2) is 32.4 Å². The Morgan fingerprint density at radius 3 is 1.23 bits per heavy atom. The highest BCUT2D eigenvalue weighted by Gasteiger charge is 2.50. The molecule has 4 amide bonds. The van der Waals surface area contributed by atoms with Crippen molar-refractivity contribution in [3.05, 3.63) is 29.8 Å². The van der Waals surface area contributed by atoms with Crippen molar-refractivity contribution in [3.63, 3.8) is 0 Å². The van der Waals surface area contributed by atoms with Gasteiger partial charge in [-0.25, -0.2) is 9.59 Å². The quantitative estimate of drug-likeness (QED) is 0.0318. The number of nitrogens with one attached hydrogen (secondary N) is 7. The van der Waals surface area contributed by atoms with E-state index in [2.05, 4.69) is 42.0 Å². The smallest absolute Gasteiger partial charge is 0.335 e. The number of anilines is 1. The number of amides is 4. The third-order valence-corrected chi connectivity index (χ3v) is 13.6. The SMILES string of the molecule is [2H]C(=O)C(COC1OC(C(=O)O)C(O)C(O)C1O)NC(=O)C(NC)C(C)C.[2H]C(=O)C(COC1OC(CO)C(O)C(O)C1O)NC(=O)C(NC)C(C)C.[2H]C(=O)OCc1ccc(NC(=O)C(COC2OC(C(=O)O)C(O)C(O)C2O)NC(=O)C(NC)C(C)C)cc1. The molecule has 0 radical (unpaired) electrons. The molecular formula is C53H87N7O28. The van der Waals surface area contributed by atoms with Gasteiger partial charge in [0.2, 0.25) is 23.6 Å². The van der Waals surface area contributed by atoms with E-state index in [4.69, 9.17) is 42.7 Å². The summed E-state index contributed by atoms with van der Waals surface area (Å²) in [6.07, 6.45) is -29.3. The number of benzene rings is 1. The first-order valence-electron chi connectivity index (χ1n) is 29.0. The van der Waals surface area contributed by atoms with E-state index in [0.29, 0.717) is 11.3 Å². The Hall–Kier alpha value is -5.91. The third-order valence-electron chi connectivity index (χ3n) is 13.6. The fourth-order valence-electron chi connectivity index (χ4n) is 8.66. The van der Waals surface area contributed by atoms with Gasteiger partial charge in [0, 0.05) is 5.69 Å². The lowest BCUT2D eigenvalue weighted by atomic mass is 9.99. The number of carboxylic acids is 2. The lowest BCUT2D eigenvalue weighted by molar-refractivity contribution is -0.301. The summed E-state index contributed by atoms with van der Waals surface area (Å²) in [5.74, 6) is -5.82. The second-order valence-electron chi connectivity index (χ2n) is 21.2. The summed E-state index contributed by atoms with van der Waals surface area (Å²) >= 11 is 0. The van der Waals surface area contributed by atoms with Crippen LogP contribution in [-0.2, 0) is 82.9 Å². The topological polar surface area (TPSA) is 545 Å². The molecule has 4 rings (SSSR count). The van der Waals surface area contributed by atoms with E-state index >= 15 is 0 Å². The van der Waals surface area contributed by atoms with E-state index in [9.17, 15) is 94.2 Å². The number of carboxylic acid groups (broad SMARTS) is 2. The molecule has 0 saturated carbocycles. The van der Waals surface area contributed by atoms with Crippen molar-refractivity contribution >= 4 is 60.2 Å². The Labute approximate surface area is 509 Å². The molecule has 21 unspecified atom stereocenters. The summed E-state index contributed by atoms with van der Waals surface area (Å²) in [6, 6.07) is 0.128. The lowest BCUT2D eigenvalue weighted by Crippen LogP contribution is -2.61. The molecule has 502 valence electrons. The average Bonchev–Trinajstić information content (AvgIpc) is 1.08. The Bertz CT molecular complexity index is 2510. The van der Waals surface area contributed by atoms with E-state index in [-0.39, 0.29) is 24.4 Å². The van der Waals surface area contributed by atoms with Crippen LogP contribution in [0.25, 0.3) is 0 Å². The van der Waals surface area contributed by atoms with Crippen molar-refractivity contribution in [2.75, 3.05) is 52.9 Å². The third kappa shape index (κ3) is 23.2. The lowest BCUT2D eigenvalue weighted by Gasteiger charge is -2.39.